The minimum absolute atomic E-state index is 0.0488. The zero-order valence-electron chi connectivity index (χ0n) is 22.8. The van der Waals surface area contributed by atoms with Crippen LogP contribution in [0.2, 0.25) is 0 Å². The number of aliphatic hydroxyl groups is 1. The second-order valence-corrected chi connectivity index (χ2v) is 11.9. The number of aromatic nitrogens is 1. The number of nitrogens with zero attached hydrogens (tertiary/aromatic N) is 1. The summed E-state index contributed by atoms with van der Waals surface area (Å²) in [4.78, 5) is 41.5. The van der Waals surface area contributed by atoms with Gasteiger partial charge < -0.3 is 29.2 Å². The van der Waals surface area contributed by atoms with E-state index in [0.29, 0.717) is 36.1 Å². The maximum absolute atomic E-state index is 13.0. The highest BCUT2D eigenvalue weighted by molar-refractivity contribution is 7.16. The normalized spacial score (nSPS) is 11.9. The summed E-state index contributed by atoms with van der Waals surface area (Å²) in [6, 6.07) is 11.0. The number of amides is 1. The molecule has 2 aromatic carbocycles. The van der Waals surface area contributed by atoms with Gasteiger partial charge in [0.2, 0.25) is 0 Å². The number of carbonyl (C=O) groups excluding carboxylic acids is 2. The molecule has 0 aliphatic carbocycles. The van der Waals surface area contributed by atoms with Gasteiger partial charge >= 0.3 is 17.1 Å². The quantitative estimate of drug-likeness (QED) is 0.287. The SMILES string of the molecule is CC(C)(C)OC(=O)Oc1ccc(CCN(CCc2cccc(CO)c2)C(=O)OC(C)(C)C)c2sc(=O)[nH]c12. The molecule has 38 heavy (non-hydrogen) atoms. The fourth-order valence-electron chi connectivity index (χ4n) is 3.73. The van der Waals surface area contributed by atoms with E-state index in [1.807, 2.05) is 45.0 Å². The minimum Gasteiger partial charge on any atom is -0.444 e. The zero-order valence-corrected chi connectivity index (χ0v) is 23.6. The number of ether oxygens (including phenoxy) is 3. The summed E-state index contributed by atoms with van der Waals surface area (Å²) < 4.78 is 16.9. The molecule has 0 spiro atoms. The largest absolute Gasteiger partial charge is 0.514 e. The summed E-state index contributed by atoms with van der Waals surface area (Å²) in [5.41, 5.74) is 1.68. The summed E-state index contributed by atoms with van der Waals surface area (Å²) in [5.74, 6) is 0.198. The number of aromatic amines is 1. The highest BCUT2D eigenvalue weighted by Crippen LogP contribution is 2.30. The number of hydrogen-bond acceptors (Lipinski definition) is 8. The van der Waals surface area contributed by atoms with Gasteiger partial charge in [0.25, 0.3) is 0 Å². The van der Waals surface area contributed by atoms with Gasteiger partial charge in [0, 0.05) is 13.1 Å². The van der Waals surface area contributed by atoms with Gasteiger partial charge in [0.05, 0.1) is 11.3 Å². The number of benzene rings is 2. The Morgan fingerprint density at radius 2 is 1.61 bits per heavy atom. The Morgan fingerprint density at radius 3 is 2.26 bits per heavy atom. The molecule has 0 saturated heterocycles. The molecule has 0 unspecified atom stereocenters. The number of H-pyrrole nitrogens is 1. The van der Waals surface area contributed by atoms with Crippen LogP contribution in [-0.2, 0) is 28.9 Å². The third kappa shape index (κ3) is 8.59. The lowest BCUT2D eigenvalue weighted by molar-refractivity contribution is 0.0205. The lowest BCUT2D eigenvalue weighted by Crippen LogP contribution is -2.39. The van der Waals surface area contributed by atoms with E-state index >= 15 is 0 Å². The Hall–Kier alpha value is -3.37. The topological polar surface area (TPSA) is 118 Å². The van der Waals surface area contributed by atoms with Crippen LogP contribution < -0.4 is 9.61 Å². The lowest BCUT2D eigenvalue weighted by atomic mass is 10.1. The monoisotopic (exact) mass is 544 g/mol. The van der Waals surface area contributed by atoms with Crippen molar-refractivity contribution >= 4 is 33.8 Å². The molecular weight excluding hydrogens is 508 g/mol. The number of fused-ring (bicyclic) bond motifs is 1. The van der Waals surface area contributed by atoms with Crippen molar-refractivity contribution in [2.75, 3.05) is 13.1 Å². The summed E-state index contributed by atoms with van der Waals surface area (Å²) >= 11 is 1.02. The highest BCUT2D eigenvalue weighted by Gasteiger charge is 2.24. The van der Waals surface area contributed by atoms with Gasteiger partial charge in [-0.2, -0.15) is 0 Å². The maximum atomic E-state index is 13.0. The number of thiazole rings is 1. The number of aliphatic hydroxyl groups excluding tert-OH is 1. The second kappa shape index (κ2) is 12.0. The number of rotatable bonds is 8. The Balaban J connectivity index is 1.80. The van der Waals surface area contributed by atoms with E-state index in [0.717, 1.165) is 28.0 Å². The fourth-order valence-corrected chi connectivity index (χ4v) is 4.62. The van der Waals surface area contributed by atoms with Crippen LogP contribution in [0.1, 0.15) is 58.2 Å². The van der Waals surface area contributed by atoms with Crippen LogP contribution in [0, 0.1) is 0 Å². The van der Waals surface area contributed by atoms with E-state index in [9.17, 15) is 19.5 Å². The average Bonchev–Trinajstić information content (AvgIpc) is 3.20. The standard InChI is InChI=1S/C28H36N2O7S/c1-27(2,3)36-25(33)30(14-12-18-8-7-9-19(16-18)17-31)15-13-20-10-11-21(22-23(20)38-24(32)29-22)35-26(34)37-28(4,5)6/h7-11,16,31H,12-15,17H2,1-6H3,(H,29,32). The third-order valence-corrected chi connectivity index (χ3v) is 6.31. The van der Waals surface area contributed by atoms with Crippen LogP contribution in [0.5, 0.6) is 5.75 Å². The molecule has 3 rings (SSSR count). The van der Waals surface area contributed by atoms with E-state index in [2.05, 4.69) is 4.98 Å². The first-order chi connectivity index (χ1) is 17.7. The smallest absolute Gasteiger partial charge is 0.444 e. The van der Waals surface area contributed by atoms with Crippen LogP contribution in [0.4, 0.5) is 9.59 Å². The molecule has 0 aliphatic rings. The zero-order chi connectivity index (χ0) is 28.1. The Labute approximate surface area is 226 Å². The lowest BCUT2D eigenvalue weighted by Gasteiger charge is -2.27. The fraction of sp³-hybridized carbons (Fsp3) is 0.464. The maximum Gasteiger partial charge on any atom is 0.514 e. The van der Waals surface area contributed by atoms with Crippen molar-refractivity contribution in [1.29, 1.82) is 0 Å². The Kier molecular flexibility index (Phi) is 9.22. The van der Waals surface area contributed by atoms with Crippen molar-refractivity contribution in [2.24, 2.45) is 0 Å². The molecule has 0 radical (unpaired) electrons. The first-order valence-corrected chi connectivity index (χ1v) is 13.3. The van der Waals surface area contributed by atoms with E-state index in [4.69, 9.17) is 14.2 Å². The number of nitrogens with one attached hydrogen (secondary N) is 1. The molecular formula is C28H36N2O7S. The van der Waals surface area contributed by atoms with Crippen molar-refractivity contribution in [3.05, 3.63) is 62.8 Å². The van der Waals surface area contributed by atoms with Gasteiger partial charge in [-0.1, -0.05) is 41.7 Å². The molecule has 1 amide bonds. The van der Waals surface area contributed by atoms with Gasteiger partial charge in [-0.25, -0.2) is 9.59 Å². The molecule has 0 saturated carbocycles. The third-order valence-electron chi connectivity index (χ3n) is 5.35. The predicted molar refractivity (Wildman–Crippen MR) is 147 cm³/mol. The number of hydrogen-bond donors (Lipinski definition) is 2. The molecule has 0 aliphatic heterocycles. The van der Waals surface area contributed by atoms with Crippen molar-refractivity contribution in [3.8, 4) is 5.75 Å². The van der Waals surface area contributed by atoms with Crippen molar-refractivity contribution in [1.82, 2.24) is 9.88 Å². The summed E-state index contributed by atoms with van der Waals surface area (Å²) in [5, 5.41) is 9.43. The number of carbonyl (C=O) groups is 2. The summed E-state index contributed by atoms with van der Waals surface area (Å²) in [6.07, 6.45) is -0.255. The van der Waals surface area contributed by atoms with Gasteiger partial charge in [-0.3, -0.25) is 4.79 Å². The van der Waals surface area contributed by atoms with Crippen molar-refractivity contribution in [3.63, 3.8) is 0 Å². The second-order valence-electron chi connectivity index (χ2n) is 11.0. The molecule has 2 N–H and O–H groups in total. The Bertz CT molecular complexity index is 1330. The van der Waals surface area contributed by atoms with Crippen LogP contribution in [0.3, 0.4) is 0 Å². The molecule has 0 fully saturated rings. The molecule has 1 heterocycles. The molecule has 9 nitrogen and oxygen atoms in total. The average molecular weight is 545 g/mol. The first-order valence-electron chi connectivity index (χ1n) is 12.5. The molecule has 0 atom stereocenters. The van der Waals surface area contributed by atoms with E-state index < -0.39 is 23.5 Å². The van der Waals surface area contributed by atoms with Crippen LogP contribution in [-0.4, -0.2) is 51.5 Å². The molecule has 1 aromatic heterocycles. The van der Waals surface area contributed by atoms with Crippen molar-refractivity contribution < 1.29 is 28.9 Å². The molecule has 10 heteroatoms. The van der Waals surface area contributed by atoms with Gasteiger partial charge in [0.15, 0.2) is 5.75 Å². The van der Waals surface area contributed by atoms with Gasteiger partial charge in [-0.05, 0) is 77.1 Å². The van der Waals surface area contributed by atoms with E-state index in [1.54, 1.807) is 37.8 Å². The van der Waals surface area contributed by atoms with Gasteiger partial charge in [-0.15, -0.1) is 0 Å². The Morgan fingerprint density at radius 1 is 0.947 bits per heavy atom. The summed E-state index contributed by atoms with van der Waals surface area (Å²) in [6.45, 7) is 11.4. The van der Waals surface area contributed by atoms with Gasteiger partial charge in [0.1, 0.15) is 16.7 Å². The highest BCUT2D eigenvalue weighted by atomic mass is 32.1. The van der Waals surface area contributed by atoms with E-state index in [1.165, 1.54) is 0 Å². The van der Waals surface area contributed by atoms with Crippen LogP contribution >= 0.6 is 11.3 Å². The van der Waals surface area contributed by atoms with Crippen molar-refractivity contribution in [2.45, 2.75) is 72.2 Å². The minimum atomic E-state index is -0.861. The molecule has 0 bridgehead atoms. The predicted octanol–water partition coefficient (Wildman–Crippen LogP) is 5.42. The first kappa shape index (κ1) is 29.2. The molecule has 3 aromatic rings. The van der Waals surface area contributed by atoms with Crippen LogP contribution in [0.25, 0.3) is 10.2 Å². The van der Waals surface area contributed by atoms with Crippen LogP contribution in [0.15, 0.2) is 41.2 Å². The van der Waals surface area contributed by atoms with E-state index in [-0.39, 0.29) is 17.2 Å². The summed E-state index contributed by atoms with van der Waals surface area (Å²) in [7, 11) is 0. The molecule has 206 valence electrons.